The van der Waals surface area contributed by atoms with Gasteiger partial charge >= 0.3 is 0 Å². The van der Waals surface area contributed by atoms with Crippen LogP contribution in [0.2, 0.25) is 0 Å². The van der Waals surface area contributed by atoms with Gasteiger partial charge in [0, 0.05) is 18.4 Å². The molecule has 5 heteroatoms. The van der Waals surface area contributed by atoms with Gasteiger partial charge in [-0.2, -0.15) is 0 Å². The summed E-state index contributed by atoms with van der Waals surface area (Å²) in [6, 6.07) is 19.6. The number of unbranched alkanes of at least 4 members (excludes halogenated alkanes) is 1. The normalized spacial score (nSPS) is 12.1. The number of hydrogen-bond donors (Lipinski definition) is 2. The molecule has 0 heterocycles. The maximum Gasteiger partial charge on any atom is 0.249 e. The molecule has 0 aromatic heterocycles. The number of amides is 2. The van der Waals surface area contributed by atoms with Crippen molar-refractivity contribution in [2.45, 2.75) is 39.0 Å². The summed E-state index contributed by atoms with van der Waals surface area (Å²) in [7, 11) is 0. The fourth-order valence-corrected chi connectivity index (χ4v) is 4.01. The van der Waals surface area contributed by atoms with E-state index in [1.54, 1.807) is 12.1 Å². The van der Waals surface area contributed by atoms with Crippen LogP contribution in [0.4, 0.5) is 0 Å². The first-order chi connectivity index (χ1) is 15.9. The summed E-state index contributed by atoms with van der Waals surface area (Å²) in [5.74, 6) is -1.31. The predicted molar refractivity (Wildman–Crippen MR) is 134 cm³/mol. The number of rotatable bonds is 10. The number of primary amides is 1. The summed E-state index contributed by atoms with van der Waals surface area (Å²) in [4.78, 5) is 36.6. The van der Waals surface area contributed by atoms with Gasteiger partial charge in [0.25, 0.3) is 0 Å². The maximum atomic E-state index is 13.1. The lowest BCUT2D eigenvalue weighted by atomic mass is 9.84. The van der Waals surface area contributed by atoms with Gasteiger partial charge in [-0.1, -0.05) is 80.4 Å². The highest BCUT2D eigenvalue weighted by atomic mass is 16.2. The third kappa shape index (κ3) is 6.16. The quantitative estimate of drug-likeness (QED) is 0.429. The zero-order valence-corrected chi connectivity index (χ0v) is 19.1. The zero-order valence-electron chi connectivity index (χ0n) is 19.1. The smallest absolute Gasteiger partial charge is 0.249 e. The van der Waals surface area contributed by atoms with Crippen molar-refractivity contribution in [1.29, 1.82) is 0 Å². The molecule has 0 spiro atoms. The predicted octanol–water partition coefficient (Wildman–Crippen LogP) is 5.09. The summed E-state index contributed by atoms with van der Waals surface area (Å²) < 4.78 is 0. The Morgan fingerprint density at radius 2 is 1.73 bits per heavy atom. The van der Waals surface area contributed by atoms with E-state index in [0.717, 1.165) is 34.7 Å². The first kappa shape index (κ1) is 23.9. The highest BCUT2D eigenvalue weighted by Crippen LogP contribution is 2.30. The molecule has 3 aromatic carbocycles. The molecule has 0 saturated heterocycles. The lowest BCUT2D eigenvalue weighted by molar-refractivity contribution is -0.124. The highest BCUT2D eigenvalue weighted by molar-refractivity contribution is 6.00. The summed E-state index contributed by atoms with van der Waals surface area (Å²) in [6.07, 6.45) is 6.22. The lowest BCUT2D eigenvalue weighted by Crippen LogP contribution is -2.31. The third-order valence-electron chi connectivity index (χ3n) is 5.74. The molecular formula is C28H30N2O3. The van der Waals surface area contributed by atoms with Crippen LogP contribution >= 0.6 is 0 Å². The van der Waals surface area contributed by atoms with E-state index in [0.29, 0.717) is 17.5 Å². The molecule has 3 rings (SSSR count). The molecule has 1 atom stereocenters. The van der Waals surface area contributed by atoms with Crippen molar-refractivity contribution in [3.05, 3.63) is 82.9 Å². The lowest BCUT2D eigenvalue weighted by Gasteiger charge is -2.20. The molecule has 3 aromatic rings. The molecule has 0 aliphatic heterocycles. The number of nitrogens with one attached hydrogen (secondary N) is 1. The molecule has 1 unspecified atom stereocenters. The fourth-order valence-electron chi connectivity index (χ4n) is 4.01. The molecule has 0 fully saturated rings. The van der Waals surface area contributed by atoms with Gasteiger partial charge in [0.05, 0.1) is 6.54 Å². The van der Waals surface area contributed by atoms with Crippen LogP contribution in [0.25, 0.3) is 22.9 Å². The number of Topliss-reactive ketones (excluding diaryl/α,β-unsaturated/α-hetero) is 1. The van der Waals surface area contributed by atoms with Crippen molar-refractivity contribution in [3.63, 3.8) is 0 Å². The molecule has 0 aliphatic rings. The minimum Gasteiger partial charge on any atom is -0.366 e. The van der Waals surface area contributed by atoms with Gasteiger partial charge in [0.2, 0.25) is 11.8 Å². The Morgan fingerprint density at radius 1 is 0.970 bits per heavy atom. The Bertz CT molecular complexity index is 1200. The van der Waals surface area contributed by atoms with Crippen molar-refractivity contribution < 1.29 is 14.4 Å². The first-order valence-corrected chi connectivity index (χ1v) is 11.3. The fraction of sp³-hybridized carbons (Fsp3) is 0.250. The van der Waals surface area contributed by atoms with Gasteiger partial charge in [-0.15, -0.1) is 0 Å². The molecule has 0 aliphatic carbocycles. The summed E-state index contributed by atoms with van der Waals surface area (Å²) in [5.41, 5.74) is 8.45. The number of ketones is 1. The number of nitrogens with two attached hydrogens (primary N) is 1. The monoisotopic (exact) mass is 442 g/mol. The Kier molecular flexibility index (Phi) is 8.14. The Labute approximate surface area is 194 Å². The number of carbonyl (C=O) groups is 3. The van der Waals surface area contributed by atoms with Crippen LogP contribution in [-0.4, -0.2) is 24.1 Å². The van der Waals surface area contributed by atoms with Gasteiger partial charge in [-0.05, 0) is 46.0 Å². The van der Waals surface area contributed by atoms with Crippen LogP contribution in [0.3, 0.4) is 0 Å². The van der Waals surface area contributed by atoms with Gasteiger partial charge in [0.1, 0.15) is 0 Å². The second kappa shape index (κ2) is 11.2. The molecule has 0 saturated carbocycles. The van der Waals surface area contributed by atoms with Crippen LogP contribution in [-0.2, 0) is 9.59 Å². The number of hydrogen-bond acceptors (Lipinski definition) is 3. The van der Waals surface area contributed by atoms with Gasteiger partial charge < -0.3 is 11.1 Å². The SMILES string of the molecule is CCCCC(C(=O)CNC(C)=O)c1cccc(C(N)=O)c1C=Cc1ccc2ccccc2c1. The topological polar surface area (TPSA) is 89.3 Å². The number of carbonyl (C=O) groups excluding carboxylic acids is 3. The molecule has 2 amide bonds. The van der Waals surface area contributed by atoms with Gasteiger partial charge in [-0.25, -0.2) is 0 Å². The largest absolute Gasteiger partial charge is 0.366 e. The van der Waals surface area contributed by atoms with E-state index in [1.807, 2.05) is 36.4 Å². The molecule has 33 heavy (non-hydrogen) atoms. The van der Waals surface area contributed by atoms with Crippen molar-refractivity contribution in [2.24, 2.45) is 5.73 Å². The average molecular weight is 443 g/mol. The van der Waals surface area contributed by atoms with Crippen LogP contribution in [0.5, 0.6) is 0 Å². The summed E-state index contributed by atoms with van der Waals surface area (Å²) in [6.45, 7) is 3.41. The minimum absolute atomic E-state index is 0.0433. The Balaban J connectivity index is 2.04. The van der Waals surface area contributed by atoms with Crippen molar-refractivity contribution in [3.8, 4) is 0 Å². The first-order valence-electron chi connectivity index (χ1n) is 11.3. The zero-order chi connectivity index (χ0) is 23.8. The Morgan fingerprint density at radius 3 is 2.42 bits per heavy atom. The van der Waals surface area contributed by atoms with E-state index in [4.69, 9.17) is 5.73 Å². The van der Waals surface area contributed by atoms with Crippen LogP contribution in [0.1, 0.15) is 66.1 Å². The van der Waals surface area contributed by atoms with Crippen molar-refractivity contribution >= 4 is 40.5 Å². The second-order valence-electron chi connectivity index (χ2n) is 8.18. The maximum absolute atomic E-state index is 13.1. The average Bonchev–Trinajstić information content (AvgIpc) is 2.81. The van der Waals surface area contributed by atoms with E-state index in [1.165, 1.54) is 6.92 Å². The Hall–Kier alpha value is -3.73. The van der Waals surface area contributed by atoms with Gasteiger partial charge in [-0.3, -0.25) is 14.4 Å². The third-order valence-corrected chi connectivity index (χ3v) is 5.74. The minimum atomic E-state index is -0.543. The van der Waals surface area contributed by atoms with Crippen LogP contribution in [0.15, 0.2) is 60.7 Å². The summed E-state index contributed by atoms with van der Waals surface area (Å²) in [5, 5.41) is 4.87. The van der Waals surface area contributed by atoms with E-state index >= 15 is 0 Å². The summed E-state index contributed by atoms with van der Waals surface area (Å²) >= 11 is 0. The second-order valence-corrected chi connectivity index (χ2v) is 8.18. The van der Waals surface area contributed by atoms with E-state index in [2.05, 4.69) is 36.5 Å². The molecule has 3 N–H and O–H groups in total. The highest BCUT2D eigenvalue weighted by Gasteiger charge is 2.24. The van der Waals surface area contributed by atoms with E-state index in [9.17, 15) is 14.4 Å². The van der Waals surface area contributed by atoms with E-state index < -0.39 is 11.8 Å². The molecular weight excluding hydrogens is 412 g/mol. The van der Waals surface area contributed by atoms with Gasteiger partial charge in [0.15, 0.2) is 5.78 Å². The van der Waals surface area contributed by atoms with Crippen molar-refractivity contribution in [1.82, 2.24) is 5.32 Å². The van der Waals surface area contributed by atoms with E-state index in [-0.39, 0.29) is 18.2 Å². The molecule has 170 valence electrons. The number of benzene rings is 3. The standard InChI is InChI=1S/C28H30N2O3/c1-3-4-10-25(27(32)18-30-19(2)31)23-11-7-12-26(28(29)33)24(23)16-14-20-13-15-21-8-5-6-9-22(21)17-20/h5-9,11-17,25H,3-4,10,18H2,1-2H3,(H2,29,33)(H,30,31). The molecule has 0 radical (unpaired) electrons. The molecule has 0 bridgehead atoms. The van der Waals surface area contributed by atoms with Crippen molar-refractivity contribution in [2.75, 3.05) is 6.54 Å². The molecule has 5 nitrogen and oxygen atoms in total. The van der Waals surface area contributed by atoms with Crippen LogP contribution in [0, 0.1) is 0 Å². The van der Waals surface area contributed by atoms with Crippen LogP contribution < -0.4 is 11.1 Å². The number of fused-ring (bicyclic) bond motifs is 1.